The van der Waals surface area contributed by atoms with Gasteiger partial charge in [0.15, 0.2) is 0 Å². The number of rotatable bonds is 5. The molecule has 0 saturated carbocycles. The van der Waals surface area contributed by atoms with Gasteiger partial charge in [0.25, 0.3) is 0 Å². The summed E-state index contributed by atoms with van der Waals surface area (Å²) in [6.07, 6.45) is 0.709. The van der Waals surface area contributed by atoms with Crippen LogP contribution in [0.4, 0.5) is 0 Å². The van der Waals surface area contributed by atoms with Crippen molar-refractivity contribution in [3.8, 4) is 0 Å². The molecular weight excluding hydrogens is 384 g/mol. The molecule has 0 spiro atoms. The van der Waals surface area contributed by atoms with Crippen LogP contribution in [0.3, 0.4) is 0 Å². The summed E-state index contributed by atoms with van der Waals surface area (Å²) < 4.78 is 27.1. The fraction of sp³-hybridized carbons (Fsp3) is 0.350. The highest BCUT2D eigenvalue weighted by Crippen LogP contribution is 2.26. The summed E-state index contributed by atoms with van der Waals surface area (Å²) in [5.74, 6) is -0.142. The van der Waals surface area contributed by atoms with Crippen LogP contribution in [0, 0.1) is 0 Å². The average Bonchev–Trinajstić information content (AvgIpc) is 2.69. The molecule has 2 aromatic rings. The maximum Gasteiger partial charge on any atom is 0.244 e. The van der Waals surface area contributed by atoms with E-state index in [1.807, 2.05) is 37.3 Å². The Morgan fingerprint density at radius 3 is 2.19 bits per heavy atom. The predicted molar refractivity (Wildman–Crippen MR) is 106 cm³/mol. The Labute approximate surface area is 165 Å². The molecule has 1 atom stereocenters. The van der Waals surface area contributed by atoms with Crippen molar-refractivity contribution in [1.29, 1.82) is 0 Å². The summed E-state index contributed by atoms with van der Waals surface area (Å²) >= 11 is 6.06. The Morgan fingerprint density at radius 1 is 1.00 bits per heavy atom. The van der Waals surface area contributed by atoms with Gasteiger partial charge in [-0.15, -0.1) is 0 Å². The van der Waals surface area contributed by atoms with Crippen LogP contribution in [0.1, 0.15) is 24.8 Å². The Hall–Kier alpha value is -1.89. The van der Waals surface area contributed by atoms with E-state index in [0.29, 0.717) is 19.5 Å². The minimum atomic E-state index is -3.66. The van der Waals surface area contributed by atoms with Gasteiger partial charge in [-0.2, -0.15) is 4.31 Å². The van der Waals surface area contributed by atoms with Crippen LogP contribution in [0.2, 0.25) is 5.02 Å². The molecule has 0 N–H and O–H groups in total. The molecule has 5 nitrogen and oxygen atoms in total. The molecule has 1 saturated heterocycles. The molecule has 1 unspecified atom stereocenters. The van der Waals surface area contributed by atoms with E-state index in [1.165, 1.54) is 10.4 Å². The summed E-state index contributed by atoms with van der Waals surface area (Å²) in [6, 6.07) is 16.2. The van der Waals surface area contributed by atoms with Crippen LogP contribution in [0.25, 0.3) is 0 Å². The van der Waals surface area contributed by atoms with E-state index in [4.69, 9.17) is 11.6 Å². The third kappa shape index (κ3) is 4.18. The molecule has 2 aromatic carbocycles. The molecular formula is C20H23ClN2O3S. The van der Waals surface area contributed by atoms with E-state index < -0.39 is 10.0 Å². The molecule has 3 rings (SSSR count). The number of piperazine rings is 1. The third-order valence-corrected chi connectivity index (χ3v) is 7.31. The maximum absolute atomic E-state index is 12.9. The number of halogens is 1. The fourth-order valence-electron chi connectivity index (χ4n) is 3.40. The van der Waals surface area contributed by atoms with Gasteiger partial charge < -0.3 is 4.90 Å². The third-order valence-electron chi connectivity index (χ3n) is 4.91. The van der Waals surface area contributed by atoms with Gasteiger partial charge >= 0.3 is 0 Å². The maximum atomic E-state index is 12.9. The van der Waals surface area contributed by atoms with E-state index in [1.54, 1.807) is 23.1 Å². The number of hydrogen-bond donors (Lipinski definition) is 0. The second kappa shape index (κ2) is 8.42. The van der Waals surface area contributed by atoms with Crippen LogP contribution in [0.15, 0.2) is 59.5 Å². The molecule has 27 heavy (non-hydrogen) atoms. The average molecular weight is 407 g/mol. The Kier molecular flexibility index (Phi) is 6.19. The van der Waals surface area contributed by atoms with Crippen LogP contribution in [0.5, 0.6) is 0 Å². The highest BCUT2D eigenvalue weighted by molar-refractivity contribution is 7.89. The topological polar surface area (TPSA) is 57.7 Å². The largest absolute Gasteiger partial charge is 0.340 e. The Balaban J connectivity index is 1.70. The highest BCUT2D eigenvalue weighted by atomic mass is 35.5. The van der Waals surface area contributed by atoms with Gasteiger partial charge in [0, 0.05) is 26.2 Å². The van der Waals surface area contributed by atoms with Crippen molar-refractivity contribution in [2.45, 2.75) is 24.2 Å². The van der Waals surface area contributed by atoms with Gasteiger partial charge in [-0.3, -0.25) is 4.79 Å². The summed E-state index contributed by atoms with van der Waals surface area (Å²) in [6.45, 7) is 3.29. The number of nitrogens with zero attached hydrogens (tertiary/aromatic N) is 2. The molecule has 1 aliphatic heterocycles. The number of carbonyl (C=O) groups is 1. The summed E-state index contributed by atoms with van der Waals surface area (Å²) in [7, 11) is -3.66. The first kappa shape index (κ1) is 19.9. The SMILES string of the molecule is CCC(C(=O)N1CCN(S(=O)(=O)c2ccccc2Cl)CC1)c1ccccc1. The van der Waals surface area contributed by atoms with E-state index >= 15 is 0 Å². The van der Waals surface area contributed by atoms with Gasteiger partial charge in [0.1, 0.15) is 4.90 Å². The first-order valence-corrected chi connectivity index (χ1v) is 10.9. The number of benzene rings is 2. The zero-order valence-electron chi connectivity index (χ0n) is 15.2. The normalized spacial score (nSPS) is 16.9. The van der Waals surface area contributed by atoms with Gasteiger partial charge in [-0.05, 0) is 24.1 Å². The van der Waals surface area contributed by atoms with E-state index in [9.17, 15) is 13.2 Å². The molecule has 1 fully saturated rings. The van der Waals surface area contributed by atoms with Crippen molar-refractivity contribution in [2.24, 2.45) is 0 Å². The van der Waals surface area contributed by atoms with Crippen LogP contribution >= 0.6 is 11.6 Å². The molecule has 0 aliphatic carbocycles. The van der Waals surface area contributed by atoms with Crippen molar-refractivity contribution in [3.63, 3.8) is 0 Å². The minimum Gasteiger partial charge on any atom is -0.340 e. The Morgan fingerprint density at radius 2 is 1.59 bits per heavy atom. The Bertz CT molecular complexity index is 894. The van der Waals surface area contributed by atoms with Crippen molar-refractivity contribution in [2.75, 3.05) is 26.2 Å². The van der Waals surface area contributed by atoms with Crippen LogP contribution < -0.4 is 0 Å². The lowest BCUT2D eigenvalue weighted by molar-refractivity contribution is -0.134. The van der Waals surface area contributed by atoms with Crippen LogP contribution in [-0.2, 0) is 14.8 Å². The molecule has 1 amide bonds. The number of carbonyl (C=O) groups excluding carboxylic acids is 1. The second-order valence-electron chi connectivity index (χ2n) is 6.53. The molecule has 0 bridgehead atoms. The lowest BCUT2D eigenvalue weighted by Crippen LogP contribution is -2.51. The first-order valence-electron chi connectivity index (χ1n) is 9.03. The van der Waals surface area contributed by atoms with E-state index in [2.05, 4.69) is 0 Å². The molecule has 0 aromatic heterocycles. The summed E-state index contributed by atoms with van der Waals surface area (Å²) in [4.78, 5) is 14.8. The summed E-state index contributed by atoms with van der Waals surface area (Å²) in [5, 5.41) is 0.214. The number of hydrogen-bond acceptors (Lipinski definition) is 3. The van der Waals surface area contributed by atoms with Gasteiger partial charge in [0.05, 0.1) is 10.9 Å². The number of sulfonamides is 1. The van der Waals surface area contributed by atoms with Crippen molar-refractivity contribution in [3.05, 3.63) is 65.2 Å². The monoisotopic (exact) mass is 406 g/mol. The summed E-state index contributed by atoms with van der Waals surface area (Å²) in [5.41, 5.74) is 0.996. The molecule has 1 heterocycles. The molecule has 144 valence electrons. The highest BCUT2D eigenvalue weighted by Gasteiger charge is 2.33. The zero-order chi connectivity index (χ0) is 19.4. The minimum absolute atomic E-state index is 0.0542. The predicted octanol–water partition coefficient (Wildman–Crippen LogP) is 3.37. The standard InChI is InChI=1S/C20H23ClN2O3S/c1-2-17(16-8-4-3-5-9-16)20(24)22-12-14-23(15-13-22)27(25,26)19-11-7-6-10-18(19)21/h3-11,17H,2,12-15H2,1H3. The van der Waals surface area contributed by atoms with Gasteiger partial charge in [-0.25, -0.2) is 8.42 Å². The molecule has 0 radical (unpaired) electrons. The van der Waals surface area contributed by atoms with Crippen molar-refractivity contribution >= 4 is 27.5 Å². The quantitative estimate of drug-likeness (QED) is 0.764. The van der Waals surface area contributed by atoms with Crippen molar-refractivity contribution in [1.82, 2.24) is 9.21 Å². The van der Waals surface area contributed by atoms with Crippen LogP contribution in [-0.4, -0.2) is 49.7 Å². The molecule has 1 aliphatic rings. The zero-order valence-corrected chi connectivity index (χ0v) is 16.8. The van der Waals surface area contributed by atoms with E-state index in [0.717, 1.165) is 5.56 Å². The lowest BCUT2D eigenvalue weighted by Gasteiger charge is -2.36. The van der Waals surface area contributed by atoms with Crippen molar-refractivity contribution < 1.29 is 13.2 Å². The smallest absolute Gasteiger partial charge is 0.244 e. The second-order valence-corrected chi connectivity index (χ2v) is 8.84. The number of amides is 1. The van der Waals surface area contributed by atoms with Gasteiger partial charge in [-0.1, -0.05) is 61.0 Å². The van der Waals surface area contributed by atoms with E-state index in [-0.39, 0.29) is 34.8 Å². The first-order chi connectivity index (χ1) is 12.9. The fourth-order valence-corrected chi connectivity index (χ4v) is 5.32. The lowest BCUT2D eigenvalue weighted by atomic mass is 9.95. The van der Waals surface area contributed by atoms with Gasteiger partial charge in [0.2, 0.25) is 15.9 Å². The molecule has 7 heteroatoms.